The summed E-state index contributed by atoms with van der Waals surface area (Å²) in [6, 6.07) is 14.5. The SMILES string of the molecule is COc1cccc(CNC(=O)Nc2cccc(-c3noc(C)n3)c2)c1. The molecule has 0 aliphatic heterocycles. The minimum atomic E-state index is -0.302. The number of nitrogens with zero attached hydrogens (tertiary/aromatic N) is 2. The van der Waals surface area contributed by atoms with Crippen molar-refractivity contribution in [2.75, 3.05) is 12.4 Å². The van der Waals surface area contributed by atoms with Gasteiger partial charge in [0.1, 0.15) is 5.75 Å². The molecule has 0 saturated heterocycles. The van der Waals surface area contributed by atoms with Crippen LogP contribution >= 0.6 is 0 Å². The van der Waals surface area contributed by atoms with E-state index in [0.29, 0.717) is 23.9 Å². The summed E-state index contributed by atoms with van der Waals surface area (Å²) < 4.78 is 10.1. The van der Waals surface area contributed by atoms with Gasteiger partial charge in [-0.25, -0.2) is 4.79 Å². The van der Waals surface area contributed by atoms with Crippen molar-refractivity contribution in [1.82, 2.24) is 15.5 Å². The number of amides is 2. The lowest BCUT2D eigenvalue weighted by atomic mass is 10.2. The lowest BCUT2D eigenvalue weighted by Gasteiger charge is -2.09. The topological polar surface area (TPSA) is 89.3 Å². The number of ether oxygens (including phenoxy) is 1. The van der Waals surface area contributed by atoms with Crippen LogP contribution in [0.1, 0.15) is 11.5 Å². The van der Waals surface area contributed by atoms with Crippen LogP contribution in [0, 0.1) is 6.92 Å². The van der Waals surface area contributed by atoms with E-state index in [1.807, 2.05) is 36.4 Å². The molecule has 2 amide bonds. The van der Waals surface area contributed by atoms with Crippen molar-refractivity contribution < 1.29 is 14.1 Å². The molecule has 3 aromatic rings. The average molecular weight is 338 g/mol. The van der Waals surface area contributed by atoms with E-state index in [-0.39, 0.29) is 6.03 Å². The number of hydrogen-bond donors (Lipinski definition) is 2. The van der Waals surface area contributed by atoms with Gasteiger partial charge in [-0.05, 0) is 29.8 Å². The predicted molar refractivity (Wildman–Crippen MR) is 93.3 cm³/mol. The molecule has 0 atom stereocenters. The number of benzene rings is 2. The summed E-state index contributed by atoms with van der Waals surface area (Å²) in [7, 11) is 1.61. The highest BCUT2D eigenvalue weighted by atomic mass is 16.5. The minimum Gasteiger partial charge on any atom is -0.497 e. The lowest BCUT2D eigenvalue weighted by Crippen LogP contribution is -2.28. The van der Waals surface area contributed by atoms with E-state index in [2.05, 4.69) is 20.8 Å². The van der Waals surface area contributed by atoms with Gasteiger partial charge in [-0.1, -0.05) is 29.4 Å². The van der Waals surface area contributed by atoms with E-state index in [0.717, 1.165) is 16.9 Å². The zero-order chi connectivity index (χ0) is 17.6. The van der Waals surface area contributed by atoms with Gasteiger partial charge in [-0.3, -0.25) is 0 Å². The van der Waals surface area contributed by atoms with Gasteiger partial charge in [0.2, 0.25) is 11.7 Å². The molecule has 1 aromatic heterocycles. The third kappa shape index (κ3) is 4.35. The molecule has 0 radical (unpaired) electrons. The number of nitrogens with one attached hydrogen (secondary N) is 2. The second-order valence-electron chi connectivity index (χ2n) is 5.38. The summed E-state index contributed by atoms with van der Waals surface area (Å²) in [5, 5.41) is 9.47. The summed E-state index contributed by atoms with van der Waals surface area (Å²) in [5.74, 6) is 1.73. The van der Waals surface area contributed by atoms with Crippen molar-refractivity contribution in [3.63, 3.8) is 0 Å². The Balaban J connectivity index is 1.61. The van der Waals surface area contributed by atoms with Crippen LogP contribution in [0.15, 0.2) is 53.1 Å². The summed E-state index contributed by atoms with van der Waals surface area (Å²) in [4.78, 5) is 16.3. The zero-order valence-corrected chi connectivity index (χ0v) is 13.9. The maximum Gasteiger partial charge on any atom is 0.319 e. The van der Waals surface area contributed by atoms with Gasteiger partial charge in [0.05, 0.1) is 7.11 Å². The highest BCUT2D eigenvalue weighted by molar-refractivity contribution is 5.89. The van der Waals surface area contributed by atoms with Crippen molar-refractivity contribution in [2.24, 2.45) is 0 Å². The summed E-state index contributed by atoms with van der Waals surface area (Å²) in [5.41, 5.74) is 2.36. The number of aromatic nitrogens is 2. The first-order valence-electron chi connectivity index (χ1n) is 7.72. The van der Waals surface area contributed by atoms with E-state index < -0.39 is 0 Å². The Morgan fingerprint density at radius 2 is 2.04 bits per heavy atom. The Labute approximate surface area is 145 Å². The molecule has 25 heavy (non-hydrogen) atoms. The van der Waals surface area contributed by atoms with Crippen LogP contribution in [-0.2, 0) is 6.54 Å². The summed E-state index contributed by atoms with van der Waals surface area (Å²) >= 11 is 0. The zero-order valence-electron chi connectivity index (χ0n) is 13.9. The molecule has 2 N–H and O–H groups in total. The molecule has 0 bridgehead atoms. The second-order valence-corrected chi connectivity index (χ2v) is 5.38. The fraction of sp³-hybridized carbons (Fsp3) is 0.167. The lowest BCUT2D eigenvalue weighted by molar-refractivity contribution is 0.251. The van der Waals surface area contributed by atoms with Crippen molar-refractivity contribution in [1.29, 1.82) is 0 Å². The fourth-order valence-electron chi connectivity index (χ4n) is 2.29. The third-order valence-electron chi connectivity index (χ3n) is 3.49. The second kappa shape index (κ2) is 7.48. The minimum absolute atomic E-state index is 0.302. The van der Waals surface area contributed by atoms with Crippen LogP contribution in [0.3, 0.4) is 0 Å². The maximum absolute atomic E-state index is 12.1. The quantitative estimate of drug-likeness (QED) is 0.744. The molecule has 7 heteroatoms. The molecule has 0 saturated carbocycles. The van der Waals surface area contributed by atoms with E-state index in [1.165, 1.54) is 0 Å². The molecule has 7 nitrogen and oxygen atoms in total. The number of carbonyl (C=O) groups is 1. The fourth-order valence-corrected chi connectivity index (χ4v) is 2.29. The first kappa shape index (κ1) is 16.5. The normalized spacial score (nSPS) is 10.3. The van der Waals surface area contributed by atoms with E-state index in [1.54, 1.807) is 26.2 Å². The highest BCUT2D eigenvalue weighted by Crippen LogP contribution is 2.20. The Kier molecular flexibility index (Phi) is 4.94. The van der Waals surface area contributed by atoms with Gasteiger partial charge in [0, 0.05) is 24.7 Å². The number of carbonyl (C=O) groups excluding carboxylic acids is 1. The smallest absolute Gasteiger partial charge is 0.319 e. The van der Waals surface area contributed by atoms with Crippen molar-refractivity contribution in [2.45, 2.75) is 13.5 Å². The highest BCUT2D eigenvalue weighted by Gasteiger charge is 2.08. The molecule has 0 spiro atoms. The number of rotatable bonds is 5. The van der Waals surface area contributed by atoms with Crippen molar-refractivity contribution in [3.8, 4) is 17.1 Å². The number of aryl methyl sites for hydroxylation is 1. The standard InChI is InChI=1S/C18H18N4O3/c1-12-20-17(22-25-12)14-6-4-7-15(10-14)21-18(23)19-11-13-5-3-8-16(9-13)24-2/h3-10H,11H2,1-2H3,(H2,19,21,23). The predicted octanol–water partition coefficient (Wildman–Crippen LogP) is 3.38. The Bertz CT molecular complexity index is 876. The largest absolute Gasteiger partial charge is 0.497 e. The van der Waals surface area contributed by atoms with Gasteiger partial charge >= 0.3 is 6.03 Å². The number of urea groups is 1. The van der Waals surface area contributed by atoms with E-state index in [9.17, 15) is 4.79 Å². The average Bonchev–Trinajstić information content (AvgIpc) is 3.07. The molecule has 128 valence electrons. The Hall–Kier alpha value is -3.35. The van der Waals surface area contributed by atoms with Gasteiger partial charge in [-0.15, -0.1) is 0 Å². The molecule has 1 heterocycles. The molecular formula is C18H18N4O3. The molecule has 2 aromatic carbocycles. The maximum atomic E-state index is 12.1. The van der Waals surface area contributed by atoms with E-state index in [4.69, 9.17) is 9.26 Å². The number of methoxy groups -OCH3 is 1. The van der Waals surface area contributed by atoms with Crippen molar-refractivity contribution in [3.05, 3.63) is 60.0 Å². The molecule has 3 rings (SSSR count). The van der Waals surface area contributed by atoms with Gasteiger partial charge < -0.3 is 19.9 Å². The van der Waals surface area contributed by atoms with Gasteiger partial charge in [0.15, 0.2) is 0 Å². The van der Waals surface area contributed by atoms with Crippen LogP contribution in [-0.4, -0.2) is 23.3 Å². The number of hydrogen-bond acceptors (Lipinski definition) is 5. The van der Waals surface area contributed by atoms with Crippen molar-refractivity contribution >= 4 is 11.7 Å². The van der Waals surface area contributed by atoms with Gasteiger partial charge in [-0.2, -0.15) is 4.98 Å². The van der Waals surface area contributed by atoms with Gasteiger partial charge in [0.25, 0.3) is 0 Å². The summed E-state index contributed by atoms with van der Waals surface area (Å²) in [6.07, 6.45) is 0. The number of anilines is 1. The summed E-state index contributed by atoms with van der Waals surface area (Å²) in [6.45, 7) is 2.12. The molecule has 0 aliphatic rings. The Morgan fingerprint density at radius 3 is 2.80 bits per heavy atom. The molecule has 0 aliphatic carbocycles. The monoisotopic (exact) mass is 338 g/mol. The third-order valence-corrected chi connectivity index (χ3v) is 3.49. The van der Waals surface area contributed by atoms with Crippen LogP contribution in [0.4, 0.5) is 10.5 Å². The first-order chi connectivity index (χ1) is 12.1. The molecule has 0 fully saturated rings. The molecular weight excluding hydrogens is 320 g/mol. The molecule has 0 unspecified atom stereocenters. The first-order valence-corrected chi connectivity index (χ1v) is 7.72. The Morgan fingerprint density at radius 1 is 1.20 bits per heavy atom. The van der Waals surface area contributed by atoms with Crippen LogP contribution in [0.5, 0.6) is 5.75 Å². The van der Waals surface area contributed by atoms with Crippen LogP contribution < -0.4 is 15.4 Å². The van der Waals surface area contributed by atoms with E-state index >= 15 is 0 Å². The van der Waals surface area contributed by atoms with Crippen LogP contribution in [0.2, 0.25) is 0 Å². The van der Waals surface area contributed by atoms with Crippen LogP contribution in [0.25, 0.3) is 11.4 Å².